The van der Waals surface area contributed by atoms with E-state index < -0.39 is 29.2 Å². The monoisotopic (exact) mass is 395 g/mol. The molecular formula is C21H21N3O5. The zero-order valence-electron chi connectivity index (χ0n) is 16.0. The van der Waals surface area contributed by atoms with E-state index in [1.165, 1.54) is 12.1 Å². The minimum absolute atomic E-state index is 0.00970. The highest BCUT2D eigenvalue weighted by Gasteiger charge is 2.57. The van der Waals surface area contributed by atoms with Gasteiger partial charge in [-0.3, -0.25) is 4.79 Å². The number of rotatable bonds is 5. The second kappa shape index (κ2) is 7.76. The number of hydrogen-bond acceptors (Lipinski definition) is 6. The first-order valence-electron chi connectivity index (χ1n) is 8.98. The number of nitrogens with one attached hydrogen (secondary N) is 1. The number of nitrogens with zero attached hydrogens (tertiary/aromatic N) is 1. The molecule has 8 nitrogen and oxygen atoms in total. The summed E-state index contributed by atoms with van der Waals surface area (Å²) in [6, 6.07) is 13.7. The minimum Gasteiger partial charge on any atom is -0.462 e. The van der Waals surface area contributed by atoms with Gasteiger partial charge >= 0.3 is 12.0 Å². The molecule has 0 aliphatic carbocycles. The van der Waals surface area contributed by atoms with Gasteiger partial charge in [0.25, 0.3) is 5.91 Å². The van der Waals surface area contributed by atoms with E-state index in [1.54, 1.807) is 37.3 Å². The molecule has 0 bridgehead atoms. The van der Waals surface area contributed by atoms with Crippen molar-refractivity contribution < 1.29 is 24.2 Å². The molecule has 0 spiro atoms. The van der Waals surface area contributed by atoms with Crippen molar-refractivity contribution >= 4 is 23.6 Å². The summed E-state index contributed by atoms with van der Waals surface area (Å²) in [5.41, 5.74) is 3.91. The number of nitrogens with two attached hydrogens (primary N) is 1. The van der Waals surface area contributed by atoms with Crippen LogP contribution >= 0.6 is 0 Å². The van der Waals surface area contributed by atoms with Crippen molar-refractivity contribution in [3.63, 3.8) is 0 Å². The Kier molecular flexibility index (Phi) is 5.38. The van der Waals surface area contributed by atoms with Crippen LogP contribution in [0.1, 0.15) is 18.1 Å². The molecule has 0 fully saturated rings. The van der Waals surface area contributed by atoms with Gasteiger partial charge in [-0.1, -0.05) is 48.0 Å². The highest BCUT2D eigenvalue weighted by molar-refractivity contribution is 6.15. The maximum Gasteiger partial charge on any atom is 0.341 e. The Morgan fingerprint density at radius 2 is 1.76 bits per heavy atom. The predicted molar refractivity (Wildman–Crippen MR) is 105 cm³/mol. The molecule has 0 saturated heterocycles. The van der Waals surface area contributed by atoms with Crippen molar-refractivity contribution in [3.8, 4) is 0 Å². The molecule has 1 aliphatic heterocycles. The first kappa shape index (κ1) is 20.1. The second-order valence-electron chi connectivity index (χ2n) is 6.48. The highest BCUT2D eigenvalue weighted by Crippen LogP contribution is 2.42. The maximum atomic E-state index is 13.1. The van der Waals surface area contributed by atoms with Gasteiger partial charge in [0.15, 0.2) is 0 Å². The van der Waals surface area contributed by atoms with Gasteiger partial charge in [0.1, 0.15) is 11.3 Å². The lowest BCUT2D eigenvalue weighted by Gasteiger charge is -2.32. The van der Waals surface area contributed by atoms with Gasteiger partial charge in [0.05, 0.1) is 6.61 Å². The molecule has 29 heavy (non-hydrogen) atoms. The van der Waals surface area contributed by atoms with E-state index in [2.05, 4.69) is 5.32 Å². The Balaban J connectivity index is 2.23. The van der Waals surface area contributed by atoms with E-state index in [4.69, 9.17) is 10.5 Å². The number of amides is 3. The molecule has 3 rings (SSSR count). The molecule has 3 amide bonds. The molecule has 4 N–H and O–H groups in total. The molecule has 2 aromatic carbocycles. The number of anilines is 1. The average molecular weight is 395 g/mol. The van der Waals surface area contributed by atoms with Crippen LogP contribution in [-0.4, -0.2) is 34.5 Å². The second-order valence-corrected chi connectivity index (χ2v) is 6.48. The summed E-state index contributed by atoms with van der Waals surface area (Å²) in [6.07, 6.45) is 0. The summed E-state index contributed by atoms with van der Waals surface area (Å²) in [5, 5.41) is 14.4. The zero-order chi connectivity index (χ0) is 21.2. The number of primary amides is 1. The molecule has 8 heteroatoms. The molecule has 1 unspecified atom stereocenters. The minimum atomic E-state index is -2.41. The van der Waals surface area contributed by atoms with Crippen molar-refractivity contribution in [1.29, 1.82) is 0 Å². The van der Waals surface area contributed by atoms with Crippen molar-refractivity contribution in [3.05, 3.63) is 77.0 Å². The quantitative estimate of drug-likeness (QED) is 0.666. The van der Waals surface area contributed by atoms with Gasteiger partial charge < -0.3 is 20.9 Å². The van der Waals surface area contributed by atoms with Gasteiger partial charge in [-0.15, -0.1) is 0 Å². The van der Waals surface area contributed by atoms with E-state index in [-0.39, 0.29) is 17.9 Å². The van der Waals surface area contributed by atoms with Crippen LogP contribution in [0, 0.1) is 6.92 Å². The molecule has 0 radical (unpaired) electrons. The third-order valence-electron chi connectivity index (χ3n) is 4.54. The Labute approximate surface area is 167 Å². The molecular weight excluding hydrogens is 374 g/mol. The smallest absolute Gasteiger partial charge is 0.341 e. The number of carbonyl (C=O) groups excluding carboxylic acids is 3. The maximum absolute atomic E-state index is 13.1. The fourth-order valence-electron chi connectivity index (χ4n) is 3.20. The van der Waals surface area contributed by atoms with Crippen molar-refractivity contribution in [2.45, 2.75) is 19.6 Å². The Morgan fingerprint density at radius 3 is 2.31 bits per heavy atom. The lowest BCUT2D eigenvalue weighted by atomic mass is 9.94. The summed E-state index contributed by atoms with van der Waals surface area (Å²) in [7, 11) is 0. The Bertz CT molecular complexity index is 985. The van der Waals surface area contributed by atoms with Crippen LogP contribution in [-0.2, 0) is 20.1 Å². The van der Waals surface area contributed by atoms with Crippen LogP contribution in [0.25, 0.3) is 0 Å². The Morgan fingerprint density at radius 1 is 1.14 bits per heavy atom. The summed E-state index contributed by atoms with van der Waals surface area (Å²) < 4.78 is 5.08. The first-order chi connectivity index (χ1) is 13.8. The SMILES string of the molecule is CCOC(=O)C1=C(Nc2ccc(C)cc2)C(=O)N(C(N)=O)C1(O)c1ccccc1. The summed E-state index contributed by atoms with van der Waals surface area (Å²) in [4.78, 5) is 38.4. The van der Waals surface area contributed by atoms with Crippen LogP contribution in [0.15, 0.2) is 65.9 Å². The van der Waals surface area contributed by atoms with E-state index in [9.17, 15) is 19.5 Å². The fourth-order valence-corrected chi connectivity index (χ4v) is 3.20. The van der Waals surface area contributed by atoms with Crippen LogP contribution in [0.4, 0.5) is 10.5 Å². The van der Waals surface area contributed by atoms with Gasteiger partial charge in [-0.05, 0) is 26.0 Å². The molecule has 0 aromatic heterocycles. The number of imide groups is 1. The van der Waals surface area contributed by atoms with Crippen molar-refractivity contribution in [1.82, 2.24) is 4.90 Å². The number of urea groups is 1. The zero-order valence-corrected chi connectivity index (χ0v) is 16.0. The molecule has 1 heterocycles. The molecule has 2 aromatic rings. The lowest BCUT2D eigenvalue weighted by molar-refractivity contribution is -0.146. The van der Waals surface area contributed by atoms with Crippen LogP contribution in [0.3, 0.4) is 0 Å². The first-order valence-corrected chi connectivity index (χ1v) is 8.98. The molecule has 1 atom stereocenters. The number of aryl methyl sites for hydroxylation is 1. The largest absolute Gasteiger partial charge is 0.462 e. The molecule has 1 aliphatic rings. The van der Waals surface area contributed by atoms with E-state index >= 15 is 0 Å². The number of esters is 1. The standard InChI is InChI=1S/C21H21N3O5/c1-3-29-19(26)16-17(23-15-11-9-13(2)10-12-15)18(25)24(20(22)27)21(16,28)14-7-5-4-6-8-14/h4-12,23,28H,3H2,1-2H3,(H2,22,27). The fraction of sp³-hybridized carbons (Fsp3) is 0.190. The summed E-state index contributed by atoms with van der Waals surface area (Å²) in [6.45, 7) is 3.50. The highest BCUT2D eigenvalue weighted by atomic mass is 16.5. The predicted octanol–water partition coefficient (Wildman–Crippen LogP) is 1.99. The van der Waals surface area contributed by atoms with E-state index in [0.29, 0.717) is 10.6 Å². The molecule has 0 saturated carbocycles. The normalized spacial score (nSPS) is 18.7. The van der Waals surface area contributed by atoms with Crippen LogP contribution in [0.5, 0.6) is 0 Å². The van der Waals surface area contributed by atoms with Gasteiger partial charge in [-0.25, -0.2) is 14.5 Å². The van der Waals surface area contributed by atoms with E-state index in [1.807, 2.05) is 19.1 Å². The Hall–Kier alpha value is -3.65. The summed E-state index contributed by atoms with van der Waals surface area (Å²) in [5.74, 6) is -1.88. The lowest BCUT2D eigenvalue weighted by Crippen LogP contribution is -2.52. The average Bonchev–Trinajstić information content (AvgIpc) is 2.92. The number of carbonyl (C=O) groups is 3. The number of aliphatic hydroxyl groups is 1. The van der Waals surface area contributed by atoms with E-state index in [0.717, 1.165) is 5.56 Å². The van der Waals surface area contributed by atoms with Crippen LogP contribution < -0.4 is 11.1 Å². The third-order valence-corrected chi connectivity index (χ3v) is 4.54. The number of ether oxygens (including phenoxy) is 1. The number of benzene rings is 2. The van der Waals surface area contributed by atoms with Gasteiger partial charge in [0, 0.05) is 11.3 Å². The van der Waals surface area contributed by atoms with Crippen molar-refractivity contribution in [2.75, 3.05) is 11.9 Å². The topological polar surface area (TPSA) is 122 Å². The van der Waals surface area contributed by atoms with Gasteiger partial charge in [0.2, 0.25) is 5.72 Å². The third kappa shape index (κ3) is 3.45. The van der Waals surface area contributed by atoms with Crippen LogP contribution in [0.2, 0.25) is 0 Å². The van der Waals surface area contributed by atoms with Crippen molar-refractivity contribution in [2.24, 2.45) is 5.73 Å². The number of hydrogen-bond donors (Lipinski definition) is 3. The summed E-state index contributed by atoms with van der Waals surface area (Å²) >= 11 is 0. The molecule has 150 valence electrons. The van der Waals surface area contributed by atoms with Gasteiger partial charge in [-0.2, -0.15) is 0 Å².